The molecule has 2 aromatic rings. The van der Waals surface area contributed by atoms with Crippen LogP contribution >= 0.6 is 47.8 Å². The third-order valence-corrected chi connectivity index (χ3v) is 5.72. The van der Waals surface area contributed by atoms with Gasteiger partial charge in [-0.15, -0.1) is 0 Å². The Morgan fingerprint density at radius 3 is 1.74 bits per heavy atom. The molecule has 2 unspecified atom stereocenters. The van der Waals surface area contributed by atoms with E-state index in [1.165, 1.54) is 14.2 Å². The Balaban J connectivity index is 0.000000271. The van der Waals surface area contributed by atoms with Crippen LogP contribution in [0.15, 0.2) is 57.5 Å². The smallest absolute Gasteiger partial charge is 0.326 e. The summed E-state index contributed by atoms with van der Waals surface area (Å²) in [5.41, 5.74) is 1.84. The van der Waals surface area contributed by atoms with Gasteiger partial charge in [0, 0.05) is 8.95 Å². The van der Waals surface area contributed by atoms with Crippen LogP contribution in [-0.4, -0.2) is 26.2 Å². The predicted octanol–water partition coefficient (Wildman–Crippen LogP) is 5.96. The van der Waals surface area contributed by atoms with E-state index in [0.29, 0.717) is 0 Å². The molecule has 0 spiro atoms. The zero-order chi connectivity index (χ0) is 20.6. The maximum absolute atomic E-state index is 11.4. The molecule has 2 rings (SSSR count). The molecule has 4 nitrogen and oxygen atoms in total. The minimum Gasteiger partial charge on any atom is -0.469 e. The fourth-order valence-electron chi connectivity index (χ4n) is 2.14. The maximum Gasteiger partial charge on any atom is 0.326 e. The summed E-state index contributed by atoms with van der Waals surface area (Å²) in [6.45, 7) is 3.59. The number of carbonyl (C=O) groups excluding carboxylic acids is 2. The third-order valence-electron chi connectivity index (χ3n) is 3.88. The van der Waals surface area contributed by atoms with E-state index in [9.17, 15) is 9.59 Å². The van der Waals surface area contributed by atoms with Crippen molar-refractivity contribution in [3.8, 4) is 0 Å². The lowest BCUT2D eigenvalue weighted by Gasteiger charge is -2.19. The summed E-state index contributed by atoms with van der Waals surface area (Å²) in [6, 6.07) is 15.2. The van der Waals surface area contributed by atoms with Gasteiger partial charge < -0.3 is 9.47 Å². The molecule has 0 amide bonds. The summed E-state index contributed by atoms with van der Waals surface area (Å²) in [5, 5.41) is 0. The molecular formula is C20H21Br3O4. The fraction of sp³-hybridized carbons (Fsp3) is 0.300. The van der Waals surface area contributed by atoms with Gasteiger partial charge in [-0.25, -0.2) is 0 Å². The number of alkyl halides is 1. The highest BCUT2D eigenvalue weighted by Gasteiger charge is 2.32. The van der Waals surface area contributed by atoms with Crippen LogP contribution in [0.4, 0.5) is 0 Å². The molecule has 0 saturated heterocycles. The van der Waals surface area contributed by atoms with Crippen LogP contribution in [0.2, 0.25) is 0 Å². The number of benzene rings is 2. The standard InChI is InChI=1S/C10H10Br2O2.C10H11BrO2/c1-10(12,9(13)14-2)7-3-5-8(11)6-4-7;1-7(10(12)13-2)8-3-5-9(11)6-4-8/h3-6H,1-2H3;3-7H,1-2H3. The van der Waals surface area contributed by atoms with Gasteiger partial charge in [-0.1, -0.05) is 72.1 Å². The first-order valence-electron chi connectivity index (χ1n) is 8.00. The number of hydrogen-bond acceptors (Lipinski definition) is 4. The Bertz CT molecular complexity index is 756. The van der Waals surface area contributed by atoms with Crippen molar-refractivity contribution in [2.75, 3.05) is 14.2 Å². The quantitative estimate of drug-likeness (QED) is 0.340. The van der Waals surface area contributed by atoms with Gasteiger partial charge in [-0.05, 0) is 49.2 Å². The number of carbonyl (C=O) groups is 2. The Morgan fingerprint density at radius 2 is 1.33 bits per heavy atom. The molecule has 0 bridgehead atoms. The van der Waals surface area contributed by atoms with Gasteiger partial charge in [0.2, 0.25) is 0 Å². The number of rotatable bonds is 4. The molecule has 2 aromatic carbocycles. The summed E-state index contributed by atoms with van der Waals surface area (Å²) in [5.74, 6) is -0.708. The van der Waals surface area contributed by atoms with Crippen molar-refractivity contribution in [3.05, 3.63) is 68.6 Å². The molecule has 0 N–H and O–H groups in total. The van der Waals surface area contributed by atoms with Crippen LogP contribution in [-0.2, 0) is 23.4 Å². The van der Waals surface area contributed by atoms with Crippen molar-refractivity contribution >= 4 is 59.7 Å². The molecule has 7 heteroatoms. The second kappa shape index (κ2) is 11.0. The molecule has 0 aliphatic carbocycles. The predicted molar refractivity (Wildman–Crippen MR) is 117 cm³/mol. The first-order valence-corrected chi connectivity index (χ1v) is 10.4. The van der Waals surface area contributed by atoms with Crippen LogP contribution in [0.3, 0.4) is 0 Å². The molecule has 0 saturated carbocycles. The molecule has 0 aliphatic heterocycles. The minimum atomic E-state index is -0.775. The molecule has 27 heavy (non-hydrogen) atoms. The summed E-state index contributed by atoms with van der Waals surface area (Å²) in [4.78, 5) is 22.6. The molecular weight excluding hydrogens is 544 g/mol. The average Bonchev–Trinajstić information content (AvgIpc) is 2.67. The number of hydrogen-bond donors (Lipinski definition) is 0. The van der Waals surface area contributed by atoms with Crippen molar-refractivity contribution in [3.63, 3.8) is 0 Å². The molecule has 0 radical (unpaired) electrons. The average molecular weight is 565 g/mol. The van der Waals surface area contributed by atoms with Gasteiger partial charge in [-0.3, -0.25) is 9.59 Å². The molecule has 0 heterocycles. The highest BCUT2D eigenvalue weighted by Crippen LogP contribution is 2.32. The van der Waals surface area contributed by atoms with E-state index >= 15 is 0 Å². The van der Waals surface area contributed by atoms with Crippen LogP contribution in [0.25, 0.3) is 0 Å². The van der Waals surface area contributed by atoms with Gasteiger partial charge in [0.05, 0.1) is 20.1 Å². The Labute approximate surface area is 185 Å². The van der Waals surface area contributed by atoms with E-state index in [-0.39, 0.29) is 17.9 Å². The van der Waals surface area contributed by atoms with Crippen LogP contribution in [0.1, 0.15) is 30.9 Å². The lowest BCUT2D eigenvalue weighted by atomic mass is 10.0. The van der Waals surface area contributed by atoms with Crippen LogP contribution < -0.4 is 0 Å². The van der Waals surface area contributed by atoms with Gasteiger partial charge in [0.15, 0.2) is 0 Å². The number of halogens is 3. The first-order chi connectivity index (χ1) is 12.6. The lowest BCUT2D eigenvalue weighted by Crippen LogP contribution is -2.26. The Hall–Kier alpha value is -1.18. The Morgan fingerprint density at radius 1 is 0.889 bits per heavy atom. The van der Waals surface area contributed by atoms with E-state index in [4.69, 9.17) is 4.74 Å². The number of methoxy groups -OCH3 is 2. The van der Waals surface area contributed by atoms with Gasteiger partial charge in [-0.2, -0.15) is 0 Å². The lowest BCUT2D eigenvalue weighted by molar-refractivity contribution is -0.143. The van der Waals surface area contributed by atoms with E-state index in [1.807, 2.05) is 55.5 Å². The maximum atomic E-state index is 11.4. The topological polar surface area (TPSA) is 52.6 Å². The summed E-state index contributed by atoms with van der Waals surface area (Å²) in [6.07, 6.45) is 0. The second-order valence-electron chi connectivity index (χ2n) is 5.80. The molecule has 0 fully saturated rings. The summed E-state index contributed by atoms with van der Waals surface area (Å²) >= 11 is 10.0. The first kappa shape index (κ1) is 23.9. The van der Waals surface area contributed by atoms with Crippen LogP contribution in [0, 0.1) is 0 Å². The summed E-state index contributed by atoms with van der Waals surface area (Å²) in [7, 11) is 2.78. The largest absolute Gasteiger partial charge is 0.469 e. The van der Waals surface area contributed by atoms with Gasteiger partial charge in [0.1, 0.15) is 4.32 Å². The fourth-order valence-corrected chi connectivity index (χ4v) is 3.09. The zero-order valence-electron chi connectivity index (χ0n) is 15.5. The molecule has 0 aliphatic rings. The number of ether oxygens (including phenoxy) is 2. The summed E-state index contributed by atoms with van der Waals surface area (Å²) < 4.78 is 10.6. The normalized spacial score (nSPS) is 13.4. The van der Waals surface area contributed by atoms with E-state index in [0.717, 1.165) is 20.1 Å². The molecule has 0 aromatic heterocycles. The highest BCUT2D eigenvalue weighted by atomic mass is 79.9. The minimum absolute atomic E-state index is 0.196. The van der Waals surface area contributed by atoms with Crippen molar-refractivity contribution in [2.24, 2.45) is 0 Å². The second-order valence-corrected chi connectivity index (χ2v) is 9.22. The van der Waals surface area contributed by atoms with Gasteiger partial charge in [0.25, 0.3) is 0 Å². The Kier molecular flexibility index (Phi) is 9.70. The van der Waals surface area contributed by atoms with Crippen molar-refractivity contribution < 1.29 is 19.1 Å². The number of esters is 2. The van der Waals surface area contributed by atoms with Crippen molar-refractivity contribution in [1.29, 1.82) is 0 Å². The molecule has 146 valence electrons. The van der Waals surface area contributed by atoms with Crippen LogP contribution in [0.5, 0.6) is 0 Å². The van der Waals surface area contributed by atoms with E-state index in [2.05, 4.69) is 52.5 Å². The monoisotopic (exact) mass is 562 g/mol. The van der Waals surface area contributed by atoms with E-state index in [1.54, 1.807) is 6.92 Å². The molecule has 2 atom stereocenters. The van der Waals surface area contributed by atoms with Crippen molar-refractivity contribution in [2.45, 2.75) is 24.1 Å². The third kappa shape index (κ3) is 7.05. The van der Waals surface area contributed by atoms with Crippen molar-refractivity contribution in [1.82, 2.24) is 0 Å². The van der Waals surface area contributed by atoms with E-state index < -0.39 is 4.32 Å². The zero-order valence-corrected chi connectivity index (χ0v) is 20.2. The van der Waals surface area contributed by atoms with Gasteiger partial charge >= 0.3 is 11.9 Å². The highest BCUT2D eigenvalue weighted by molar-refractivity contribution is 9.11. The SMILES string of the molecule is COC(=O)C(C)(Br)c1ccc(Br)cc1.COC(=O)C(C)c1ccc(Br)cc1.